The minimum Gasteiger partial charge on any atom is -0.489 e. The van der Waals surface area contributed by atoms with Crippen LogP contribution in [0.25, 0.3) is 0 Å². The highest BCUT2D eigenvalue weighted by Gasteiger charge is 2.27. The molecule has 0 unspecified atom stereocenters. The van der Waals surface area contributed by atoms with Gasteiger partial charge in [-0.2, -0.15) is 0 Å². The van der Waals surface area contributed by atoms with Crippen molar-refractivity contribution < 1.29 is 4.74 Å². The summed E-state index contributed by atoms with van der Waals surface area (Å²) in [6.45, 7) is 6.75. The molecule has 0 bridgehead atoms. The van der Waals surface area contributed by atoms with Gasteiger partial charge < -0.3 is 10.5 Å². The molecule has 0 aromatic carbocycles. The van der Waals surface area contributed by atoms with Gasteiger partial charge in [-0.3, -0.25) is 4.98 Å². The first kappa shape index (κ1) is 14.3. The average molecular weight is 262 g/mol. The van der Waals surface area contributed by atoms with Crippen molar-refractivity contribution in [2.75, 3.05) is 0 Å². The van der Waals surface area contributed by atoms with E-state index in [4.69, 9.17) is 10.5 Å². The first-order chi connectivity index (χ1) is 9.00. The van der Waals surface area contributed by atoms with E-state index in [9.17, 15) is 0 Å². The third-order valence-corrected chi connectivity index (χ3v) is 4.17. The molecule has 19 heavy (non-hydrogen) atoms. The quantitative estimate of drug-likeness (QED) is 0.897. The summed E-state index contributed by atoms with van der Waals surface area (Å²) >= 11 is 0. The normalized spacial score (nSPS) is 21.1. The highest BCUT2D eigenvalue weighted by Crippen LogP contribution is 2.36. The van der Waals surface area contributed by atoms with E-state index in [0.29, 0.717) is 11.5 Å². The molecule has 106 valence electrons. The molecule has 1 aromatic rings. The SMILES string of the molecule is CC[C@H](N)c1ccc(OC2CCC(C)(C)CC2)cn1. The molecule has 0 aliphatic heterocycles. The Morgan fingerprint density at radius 2 is 2.05 bits per heavy atom. The molecule has 1 aliphatic rings. The van der Waals surface area contributed by atoms with Crippen LogP contribution in [0.1, 0.15) is 64.6 Å². The van der Waals surface area contributed by atoms with Gasteiger partial charge in [0.25, 0.3) is 0 Å². The Hall–Kier alpha value is -1.09. The lowest BCUT2D eigenvalue weighted by atomic mass is 9.76. The van der Waals surface area contributed by atoms with Gasteiger partial charge in [0.1, 0.15) is 5.75 Å². The predicted octanol–water partition coefficient (Wildman–Crippen LogP) is 3.84. The lowest BCUT2D eigenvalue weighted by Crippen LogP contribution is -2.28. The van der Waals surface area contributed by atoms with E-state index in [0.717, 1.165) is 30.7 Å². The number of hydrogen-bond donors (Lipinski definition) is 1. The minimum atomic E-state index is 0.0320. The summed E-state index contributed by atoms with van der Waals surface area (Å²) < 4.78 is 6.01. The number of ether oxygens (including phenoxy) is 1. The largest absolute Gasteiger partial charge is 0.489 e. The van der Waals surface area contributed by atoms with Crippen LogP contribution in [-0.4, -0.2) is 11.1 Å². The second-order valence-electron chi connectivity index (χ2n) is 6.41. The molecule has 1 atom stereocenters. The molecule has 3 nitrogen and oxygen atoms in total. The minimum absolute atomic E-state index is 0.0320. The van der Waals surface area contributed by atoms with Gasteiger partial charge in [0.2, 0.25) is 0 Å². The molecule has 0 saturated heterocycles. The maximum absolute atomic E-state index is 6.01. The van der Waals surface area contributed by atoms with Gasteiger partial charge in [-0.1, -0.05) is 20.8 Å². The number of pyridine rings is 1. The van der Waals surface area contributed by atoms with Crippen molar-refractivity contribution in [3.05, 3.63) is 24.0 Å². The van der Waals surface area contributed by atoms with Crippen LogP contribution in [0, 0.1) is 5.41 Å². The van der Waals surface area contributed by atoms with Gasteiger partial charge in [-0.25, -0.2) is 0 Å². The Labute approximate surface area is 116 Å². The predicted molar refractivity (Wildman–Crippen MR) is 78.1 cm³/mol. The summed E-state index contributed by atoms with van der Waals surface area (Å²) in [5.41, 5.74) is 7.38. The van der Waals surface area contributed by atoms with Crippen LogP contribution in [-0.2, 0) is 0 Å². The molecular weight excluding hydrogens is 236 g/mol. The Bertz CT molecular complexity index is 390. The molecule has 0 radical (unpaired) electrons. The molecule has 1 heterocycles. The third-order valence-electron chi connectivity index (χ3n) is 4.17. The fraction of sp³-hybridized carbons (Fsp3) is 0.688. The van der Waals surface area contributed by atoms with Crippen molar-refractivity contribution in [2.45, 2.75) is 65.0 Å². The summed E-state index contributed by atoms with van der Waals surface area (Å²) in [4.78, 5) is 4.39. The van der Waals surface area contributed by atoms with E-state index < -0.39 is 0 Å². The molecule has 2 rings (SSSR count). The highest BCUT2D eigenvalue weighted by molar-refractivity contribution is 5.21. The van der Waals surface area contributed by atoms with Gasteiger partial charge in [0.05, 0.1) is 18.0 Å². The standard InChI is InChI=1S/C16H26N2O/c1-4-14(17)15-6-5-13(11-18-15)19-12-7-9-16(2,3)10-8-12/h5-6,11-12,14H,4,7-10,17H2,1-3H3/t14-/m0/s1. The van der Waals surface area contributed by atoms with Crippen LogP contribution in [0.15, 0.2) is 18.3 Å². The maximum atomic E-state index is 6.01. The summed E-state index contributed by atoms with van der Waals surface area (Å²) in [7, 11) is 0. The van der Waals surface area contributed by atoms with Crippen LogP contribution < -0.4 is 10.5 Å². The first-order valence-corrected chi connectivity index (χ1v) is 7.38. The number of nitrogens with zero attached hydrogens (tertiary/aromatic N) is 1. The summed E-state index contributed by atoms with van der Waals surface area (Å²) in [5, 5.41) is 0. The van der Waals surface area contributed by atoms with Crippen LogP contribution in [0.2, 0.25) is 0 Å². The monoisotopic (exact) mass is 262 g/mol. The highest BCUT2D eigenvalue weighted by atomic mass is 16.5. The van der Waals surface area contributed by atoms with Crippen LogP contribution >= 0.6 is 0 Å². The maximum Gasteiger partial charge on any atom is 0.138 e. The lowest BCUT2D eigenvalue weighted by molar-refractivity contribution is 0.0984. The van der Waals surface area contributed by atoms with E-state index in [-0.39, 0.29) is 6.04 Å². The van der Waals surface area contributed by atoms with Crippen molar-refractivity contribution in [1.29, 1.82) is 0 Å². The van der Waals surface area contributed by atoms with Crippen molar-refractivity contribution in [3.8, 4) is 5.75 Å². The zero-order valence-corrected chi connectivity index (χ0v) is 12.4. The van der Waals surface area contributed by atoms with E-state index in [1.807, 2.05) is 18.3 Å². The van der Waals surface area contributed by atoms with Crippen molar-refractivity contribution in [3.63, 3.8) is 0 Å². The number of nitrogens with two attached hydrogens (primary N) is 1. The Morgan fingerprint density at radius 3 is 2.58 bits per heavy atom. The van der Waals surface area contributed by atoms with E-state index in [1.54, 1.807) is 0 Å². The average Bonchev–Trinajstić information content (AvgIpc) is 2.41. The van der Waals surface area contributed by atoms with E-state index >= 15 is 0 Å². The van der Waals surface area contributed by atoms with Gasteiger partial charge in [-0.15, -0.1) is 0 Å². The third kappa shape index (κ3) is 3.93. The molecule has 2 N–H and O–H groups in total. The fourth-order valence-electron chi connectivity index (χ4n) is 2.57. The molecule has 1 fully saturated rings. The fourth-order valence-corrected chi connectivity index (χ4v) is 2.57. The molecule has 0 spiro atoms. The van der Waals surface area contributed by atoms with Crippen molar-refractivity contribution in [2.24, 2.45) is 11.1 Å². The molecule has 1 aromatic heterocycles. The smallest absolute Gasteiger partial charge is 0.138 e. The molecule has 1 aliphatic carbocycles. The van der Waals surface area contributed by atoms with Crippen molar-refractivity contribution >= 4 is 0 Å². The number of rotatable bonds is 4. The van der Waals surface area contributed by atoms with Gasteiger partial charge in [0, 0.05) is 6.04 Å². The Morgan fingerprint density at radius 1 is 1.37 bits per heavy atom. The number of hydrogen-bond acceptors (Lipinski definition) is 3. The van der Waals surface area contributed by atoms with Crippen LogP contribution in [0.5, 0.6) is 5.75 Å². The molecular formula is C16H26N2O. The zero-order chi connectivity index (χ0) is 13.9. The summed E-state index contributed by atoms with van der Waals surface area (Å²) in [5.74, 6) is 0.872. The summed E-state index contributed by atoms with van der Waals surface area (Å²) in [6.07, 6.45) is 7.83. The van der Waals surface area contributed by atoms with E-state index in [2.05, 4.69) is 25.8 Å². The van der Waals surface area contributed by atoms with Crippen LogP contribution in [0.4, 0.5) is 0 Å². The van der Waals surface area contributed by atoms with E-state index in [1.165, 1.54) is 12.8 Å². The second-order valence-corrected chi connectivity index (χ2v) is 6.41. The molecule has 1 saturated carbocycles. The first-order valence-electron chi connectivity index (χ1n) is 7.38. The van der Waals surface area contributed by atoms with Crippen LogP contribution in [0.3, 0.4) is 0 Å². The van der Waals surface area contributed by atoms with Gasteiger partial charge >= 0.3 is 0 Å². The topological polar surface area (TPSA) is 48.1 Å². The molecule has 0 amide bonds. The summed E-state index contributed by atoms with van der Waals surface area (Å²) in [6, 6.07) is 4.01. The Balaban J connectivity index is 1.90. The Kier molecular flexibility index (Phi) is 4.46. The van der Waals surface area contributed by atoms with Gasteiger partial charge in [0.15, 0.2) is 0 Å². The lowest BCUT2D eigenvalue weighted by Gasteiger charge is -2.34. The number of aromatic nitrogens is 1. The zero-order valence-electron chi connectivity index (χ0n) is 12.4. The second kappa shape index (κ2) is 5.91. The van der Waals surface area contributed by atoms with Gasteiger partial charge in [-0.05, 0) is 49.7 Å². The molecule has 3 heteroatoms. The van der Waals surface area contributed by atoms with Crippen molar-refractivity contribution in [1.82, 2.24) is 4.98 Å².